The van der Waals surface area contributed by atoms with E-state index in [0.717, 1.165) is 0 Å². The molecule has 0 aliphatic carbocycles. The first-order valence-corrected chi connectivity index (χ1v) is 5.38. The first-order chi connectivity index (χ1) is 8.03. The molecular formula is C12H18O6. The van der Waals surface area contributed by atoms with Crippen LogP contribution in [0.3, 0.4) is 0 Å². The highest BCUT2D eigenvalue weighted by molar-refractivity contribution is 5.91. The monoisotopic (exact) mass is 258 g/mol. The number of rotatable bonds is 5. The molecule has 2 N–H and O–H groups in total. The van der Waals surface area contributed by atoms with Gasteiger partial charge in [0.15, 0.2) is 0 Å². The average molecular weight is 258 g/mol. The molecule has 102 valence electrons. The van der Waals surface area contributed by atoms with Crippen LogP contribution in [0.5, 0.6) is 0 Å². The molecule has 0 saturated carbocycles. The number of esters is 1. The minimum atomic E-state index is -1.19. The van der Waals surface area contributed by atoms with Crippen LogP contribution in [0, 0.1) is 0 Å². The maximum Gasteiger partial charge on any atom is 0.334 e. The fourth-order valence-corrected chi connectivity index (χ4v) is 1.19. The number of ether oxygens (including phenoxy) is 1. The maximum atomic E-state index is 11.7. The third-order valence-corrected chi connectivity index (χ3v) is 1.96. The molecule has 0 saturated heterocycles. The maximum absolute atomic E-state index is 11.7. The van der Waals surface area contributed by atoms with Crippen molar-refractivity contribution in [2.45, 2.75) is 46.1 Å². The number of carboxylic acid groups (broad SMARTS) is 2. The predicted octanol–water partition coefficient (Wildman–Crippen LogP) is 1.59. The van der Waals surface area contributed by atoms with Gasteiger partial charge in [0.05, 0.1) is 12.8 Å². The Morgan fingerprint density at radius 2 is 1.39 bits per heavy atom. The Kier molecular flexibility index (Phi) is 5.55. The van der Waals surface area contributed by atoms with Gasteiger partial charge in [0, 0.05) is 5.57 Å². The molecule has 0 aromatic heterocycles. The van der Waals surface area contributed by atoms with Crippen molar-refractivity contribution in [3.8, 4) is 0 Å². The van der Waals surface area contributed by atoms with Crippen LogP contribution < -0.4 is 0 Å². The van der Waals surface area contributed by atoms with Gasteiger partial charge in [0.25, 0.3) is 0 Å². The first kappa shape index (κ1) is 16.1. The lowest BCUT2D eigenvalue weighted by Crippen LogP contribution is -2.25. The summed E-state index contributed by atoms with van der Waals surface area (Å²) in [6, 6.07) is 0. The second-order valence-corrected chi connectivity index (χ2v) is 4.87. The molecule has 0 atom stereocenters. The van der Waals surface area contributed by atoms with Gasteiger partial charge in [-0.25, -0.2) is 4.79 Å². The van der Waals surface area contributed by atoms with Crippen LogP contribution in [-0.2, 0) is 19.1 Å². The van der Waals surface area contributed by atoms with E-state index in [0.29, 0.717) is 0 Å². The van der Waals surface area contributed by atoms with Gasteiger partial charge in [0.1, 0.15) is 5.60 Å². The molecule has 0 rings (SSSR count). The van der Waals surface area contributed by atoms with Gasteiger partial charge < -0.3 is 14.9 Å². The van der Waals surface area contributed by atoms with Gasteiger partial charge in [-0.05, 0) is 33.3 Å². The molecule has 0 aliphatic rings. The Hall–Kier alpha value is -1.85. The largest absolute Gasteiger partial charge is 0.481 e. The third kappa shape index (κ3) is 6.67. The third-order valence-electron chi connectivity index (χ3n) is 1.96. The fraction of sp³-hybridized carbons (Fsp3) is 0.583. The van der Waals surface area contributed by atoms with Crippen molar-refractivity contribution in [1.82, 2.24) is 0 Å². The fourth-order valence-electron chi connectivity index (χ4n) is 1.19. The van der Waals surface area contributed by atoms with Crippen LogP contribution in [0.1, 0.15) is 40.5 Å². The smallest absolute Gasteiger partial charge is 0.334 e. The Balaban J connectivity index is 5.11. The SMILES string of the molecule is CC(C(=O)OC(C)(C)C)=C(CC(=O)O)CC(=O)O. The van der Waals surface area contributed by atoms with Crippen molar-refractivity contribution in [3.63, 3.8) is 0 Å². The van der Waals surface area contributed by atoms with E-state index in [1.54, 1.807) is 20.8 Å². The van der Waals surface area contributed by atoms with Crippen molar-refractivity contribution < 1.29 is 29.3 Å². The van der Waals surface area contributed by atoms with E-state index < -0.39 is 36.4 Å². The molecule has 0 aliphatic heterocycles. The van der Waals surface area contributed by atoms with Crippen molar-refractivity contribution in [3.05, 3.63) is 11.1 Å². The molecule has 6 nitrogen and oxygen atoms in total. The summed E-state index contributed by atoms with van der Waals surface area (Å²) >= 11 is 0. The zero-order valence-electron chi connectivity index (χ0n) is 10.9. The minimum Gasteiger partial charge on any atom is -0.481 e. The zero-order valence-corrected chi connectivity index (χ0v) is 10.9. The highest BCUT2D eigenvalue weighted by Crippen LogP contribution is 2.18. The molecule has 0 unspecified atom stereocenters. The van der Waals surface area contributed by atoms with Crippen LogP contribution in [-0.4, -0.2) is 33.7 Å². The summed E-state index contributed by atoms with van der Waals surface area (Å²) < 4.78 is 5.06. The van der Waals surface area contributed by atoms with Crippen molar-refractivity contribution in [1.29, 1.82) is 0 Å². The molecule has 0 radical (unpaired) electrons. The summed E-state index contributed by atoms with van der Waals surface area (Å²) in [6.07, 6.45) is -0.977. The zero-order chi connectivity index (χ0) is 14.5. The van der Waals surface area contributed by atoms with E-state index in [1.165, 1.54) is 6.92 Å². The highest BCUT2D eigenvalue weighted by Gasteiger charge is 2.21. The van der Waals surface area contributed by atoms with Crippen molar-refractivity contribution >= 4 is 17.9 Å². The summed E-state index contributed by atoms with van der Waals surface area (Å²) in [5.74, 6) is -3.07. The Morgan fingerprint density at radius 1 is 1.00 bits per heavy atom. The highest BCUT2D eigenvalue weighted by atomic mass is 16.6. The molecule has 0 heterocycles. The lowest BCUT2D eigenvalue weighted by molar-refractivity contribution is -0.149. The predicted molar refractivity (Wildman–Crippen MR) is 63.1 cm³/mol. The standard InChI is InChI=1S/C12H18O6/c1-7(11(17)18-12(2,3)4)8(5-9(13)14)6-10(15)16/h5-6H2,1-4H3,(H,13,14)(H,15,16). The van der Waals surface area contributed by atoms with Crippen molar-refractivity contribution in [2.24, 2.45) is 0 Å². The van der Waals surface area contributed by atoms with E-state index in [-0.39, 0.29) is 11.1 Å². The minimum absolute atomic E-state index is 0.0368. The van der Waals surface area contributed by atoms with Crippen LogP contribution in [0.2, 0.25) is 0 Å². The molecule has 0 bridgehead atoms. The van der Waals surface area contributed by atoms with Crippen LogP contribution >= 0.6 is 0 Å². The first-order valence-electron chi connectivity index (χ1n) is 5.38. The molecule has 0 aromatic carbocycles. The summed E-state index contributed by atoms with van der Waals surface area (Å²) in [7, 11) is 0. The number of hydrogen-bond donors (Lipinski definition) is 2. The van der Waals surface area contributed by atoms with E-state index in [1.807, 2.05) is 0 Å². The van der Waals surface area contributed by atoms with Gasteiger partial charge in [-0.15, -0.1) is 0 Å². The molecule has 18 heavy (non-hydrogen) atoms. The normalized spacial score (nSPS) is 10.7. The number of carbonyl (C=O) groups is 3. The molecule has 0 spiro atoms. The number of aliphatic carboxylic acids is 2. The van der Waals surface area contributed by atoms with Crippen LogP contribution in [0.4, 0.5) is 0 Å². The lowest BCUT2D eigenvalue weighted by atomic mass is 10.0. The van der Waals surface area contributed by atoms with E-state index in [2.05, 4.69) is 0 Å². The molecule has 0 aromatic rings. The van der Waals surface area contributed by atoms with Gasteiger partial charge in [0.2, 0.25) is 0 Å². The van der Waals surface area contributed by atoms with Crippen molar-refractivity contribution in [2.75, 3.05) is 0 Å². The molecule has 0 fully saturated rings. The second-order valence-electron chi connectivity index (χ2n) is 4.87. The summed E-state index contributed by atoms with van der Waals surface area (Å²) in [5.41, 5.74) is -0.630. The van der Waals surface area contributed by atoms with E-state index >= 15 is 0 Å². The average Bonchev–Trinajstić information content (AvgIpc) is 2.11. The Bertz CT molecular complexity index is 368. The van der Waals surface area contributed by atoms with Gasteiger partial charge >= 0.3 is 17.9 Å². The van der Waals surface area contributed by atoms with E-state index in [9.17, 15) is 14.4 Å². The van der Waals surface area contributed by atoms with Crippen LogP contribution in [0.25, 0.3) is 0 Å². The summed E-state index contributed by atoms with van der Waals surface area (Å²) in [4.78, 5) is 32.9. The van der Waals surface area contributed by atoms with E-state index in [4.69, 9.17) is 14.9 Å². The topological polar surface area (TPSA) is 101 Å². The Labute approximate surface area is 105 Å². The van der Waals surface area contributed by atoms with Gasteiger partial charge in [-0.3, -0.25) is 9.59 Å². The van der Waals surface area contributed by atoms with Gasteiger partial charge in [-0.1, -0.05) is 0 Å². The lowest BCUT2D eigenvalue weighted by Gasteiger charge is -2.20. The van der Waals surface area contributed by atoms with Gasteiger partial charge in [-0.2, -0.15) is 0 Å². The number of carboxylic acids is 2. The molecule has 6 heteroatoms. The number of carbonyl (C=O) groups excluding carboxylic acids is 1. The quantitative estimate of drug-likeness (QED) is 0.573. The number of hydrogen-bond acceptors (Lipinski definition) is 4. The summed E-state index contributed by atoms with van der Waals surface area (Å²) in [5, 5.41) is 17.4. The summed E-state index contributed by atoms with van der Waals surface area (Å²) in [6.45, 7) is 6.39. The second kappa shape index (κ2) is 6.18. The molecule has 0 amide bonds. The van der Waals surface area contributed by atoms with Crippen LogP contribution in [0.15, 0.2) is 11.1 Å². The Morgan fingerprint density at radius 3 is 1.67 bits per heavy atom. The molecular weight excluding hydrogens is 240 g/mol.